The number of fused-ring (bicyclic) bond motifs is 5. The molecule has 0 unspecified atom stereocenters. The summed E-state index contributed by atoms with van der Waals surface area (Å²) >= 11 is 0. The van der Waals surface area contributed by atoms with Crippen LogP contribution in [0.5, 0.6) is 0 Å². The van der Waals surface area contributed by atoms with Gasteiger partial charge in [0, 0.05) is 147 Å². The Morgan fingerprint density at radius 2 is 1.45 bits per heavy atom. The number of piperazine rings is 1. The van der Waals surface area contributed by atoms with Crippen molar-refractivity contribution in [3.05, 3.63) is 90.1 Å². The van der Waals surface area contributed by atoms with Crippen molar-refractivity contribution in [2.45, 2.75) is 218 Å². The number of carbonyl (C=O) groups excluding carboxylic acids is 6. The maximum Gasteiger partial charge on any atom is 0.407 e. The third-order valence-corrected chi connectivity index (χ3v) is 24.0. The van der Waals surface area contributed by atoms with E-state index in [1.807, 2.05) is 63.3 Å². The molecule has 4 aliphatic heterocycles. The first-order valence-corrected chi connectivity index (χ1v) is 43.1. The molecule has 122 heavy (non-hydrogen) atoms. The van der Waals surface area contributed by atoms with Gasteiger partial charge in [-0.05, 0) is 132 Å². The molecule has 3 amide bonds. The summed E-state index contributed by atoms with van der Waals surface area (Å²) in [5, 5.41) is 46.2. The average Bonchev–Trinajstić information content (AvgIpc) is 1.48. The molecule has 10 rings (SSSR count). The zero-order valence-corrected chi connectivity index (χ0v) is 72.2. The molecule has 1 saturated carbocycles. The van der Waals surface area contributed by atoms with Crippen LogP contribution in [0.15, 0.2) is 88.9 Å². The standard InChI is InChI=1S/C87H129N15O20/c1-54-17-11-10-12-18-55(2)69(112-7)48-63-23-20-59(6)87(111,122-63)79(107)82(108)101-28-15-13-19-66(101)83(109)119-71(49-70(113-8)56(3)44-58(5)77(105)78(106)76(104)57(4)43-54)64(88)45-60-21-24-68(72(46-60)114-9)121-86(110)94-52-61-50-92-85(93-51-61)100-32-30-99(31-33-100)34-36-116-38-40-118-42-41-117-39-37-115-35-26-73(103)91-27-14-16-29-102-81-74(80(89)95-53-96-81)75(98-102)62-22-25-67-65(47-62)97-84(90)120-67/h10-12,17-18,22,25,44,47,50-51,53-54,56-57,59-60,63-64,66,68-72,77-78,105-106,111H,13-16,19-21,23-24,26-43,45-46,48-49,52,88H2,1-9H3,(H2,90,97)(H,91,103)(H,94,110)(H2,89,95,96)/b12-10+,17-11+,55-18+,58-44+/t54-,56-,57-,59-,60+,63+,64-,66+,68-,69+,70-,71+,72-,77-,78+,87-/m1/s1. The van der Waals surface area contributed by atoms with Crippen LogP contribution in [0.1, 0.15) is 143 Å². The molecule has 5 aliphatic rings. The zero-order chi connectivity index (χ0) is 87.4. The molecule has 16 atom stereocenters. The number of benzene rings is 1. The van der Waals surface area contributed by atoms with Crippen molar-refractivity contribution >= 4 is 75.4 Å². The first kappa shape index (κ1) is 95.4. The van der Waals surface area contributed by atoms with E-state index >= 15 is 0 Å². The fourth-order valence-electron chi connectivity index (χ4n) is 16.7. The van der Waals surface area contributed by atoms with Crippen molar-refractivity contribution < 1.29 is 95.9 Å². The molecular formula is C87H129N15O20. The van der Waals surface area contributed by atoms with Crippen LogP contribution in [-0.2, 0) is 84.4 Å². The topological polar surface area (TPSA) is 463 Å². The smallest absolute Gasteiger partial charge is 0.407 e. The largest absolute Gasteiger partial charge is 0.459 e. The number of piperidine rings is 1. The Morgan fingerprint density at radius 1 is 0.730 bits per heavy atom. The lowest BCUT2D eigenvalue weighted by atomic mass is 9.80. The second-order valence-electron chi connectivity index (χ2n) is 32.9. The molecule has 0 radical (unpaired) electrons. The third-order valence-electron chi connectivity index (χ3n) is 24.0. The number of carbonyl (C=O) groups is 6. The molecular weight excluding hydrogens is 1580 g/mol. The van der Waals surface area contributed by atoms with E-state index in [4.69, 9.17) is 74.1 Å². The van der Waals surface area contributed by atoms with Crippen LogP contribution < -0.4 is 32.7 Å². The molecule has 2 bridgehead atoms. The lowest BCUT2D eigenvalue weighted by Gasteiger charge is -2.43. The summed E-state index contributed by atoms with van der Waals surface area (Å²) in [6, 6.07) is 3.53. The van der Waals surface area contributed by atoms with E-state index < -0.39 is 114 Å². The lowest BCUT2D eigenvalue weighted by molar-refractivity contribution is -0.265. The van der Waals surface area contributed by atoms with Gasteiger partial charge in [0.1, 0.15) is 53.8 Å². The van der Waals surface area contributed by atoms with Crippen LogP contribution in [0.3, 0.4) is 0 Å². The first-order chi connectivity index (χ1) is 58.7. The number of Topliss-reactive ketones (excluding diaryl/α,β-unsaturated/α-hetero) is 2. The molecule has 3 saturated heterocycles. The van der Waals surface area contributed by atoms with Gasteiger partial charge in [-0.2, -0.15) is 10.1 Å². The number of unbranched alkanes of at least 4 members (excludes halogenated alkanes) is 1. The summed E-state index contributed by atoms with van der Waals surface area (Å²) in [6.45, 7) is 19.0. The summed E-state index contributed by atoms with van der Waals surface area (Å²) in [6.07, 6.45) is 14.3. The number of hydrogen-bond donors (Lipinski definition) is 8. The second-order valence-corrected chi connectivity index (χ2v) is 32.9. The van der Waals surface area contributed by atoms with Gasteiger partial charge in [-0.25, -0.2) is 34.2 Å². The Balaban J connectivity index is 0.610. The first-order valence-electron chi connectivity index (χ1n) is 43.1. The number of rotatable bonds is 31. The van der Waals surface area contributed by atoms with Crippen LogP contribution in [-0.4, -0.2) is 282 Å². The number of nitrogen functional groups attached to an aromatic ring is 2. The van der Waals surface area contributed by atoms with Crippen LogP contribution in [0.4, 0.5) is 22.6 Å². The molecule has 672 valence electrons. The highest BCUT2D eigenvalue weighted by atomic mass is 16.6. The minimum absolute atomic E-state index is 0.0350. The number of ether oxygens (including phenoxy) is 10. The van der Waals surface area contributed by atoms with Crippen molar-refractivity contribution in [1.82, 2.24) is 55.1 Å². The maximum atomic E-state index is 14.9. The molecule has 35 nitrogen and oxygen atoms in total. The molecule has 4 fully saturated rings. The van der Waals surface area contributed by atoms with Gasteiger partial charge < -0.3 is 105 Å². The van der Waals surface area contributed by atoms with E-state index in [-0.39, 0.29) is 69.1 Å². The monoisotopic (exact) mass is 1700 g/mol. The van der Waals surface area contributed by atoms with Crippen molar-refractivity contribution in [3.8, 4) is 11.3 Å². The number of cyclic esters (lactones) is 1. The number of aryl methyl sites for hydroxylation is 1. The van der Waals surface area contributed by atoms with E-state index in [9.17, 15) is 44.1 Å². The minimum Gasteiger partial charge on any atom is -0.459 e. The number of hydrogen-bond acceptors (Lipinski definition) is 31. The third kappa shape index (κ3) is 26.9. The SMILES string of the molecule is CO[C@H]1C[C@@H]2CC[C@@H](C)[C@@](O)(O2)C(=O)C(=O)N2CCCC[C@H]2C(=O)O[C@H]([C@H](N)C[C@@H]2CC[C@@H](OC(=O)NCc3cnc(N4CCN(CCOCCOCCOCCOCCC(=O)NCCCCn5nc(-c6ccc7oc(N)nc7c6)c6c(N)ncnc65)CC4)nc3)[C@H](OC)C2)C[C@@H](OC)[C@H](C)/C=C(\C)[C@@H](O)[C@@H](O)C(=O)[C@H](C)C[C@H](C)/C=C/C=C/C=C/1C. The van der Waals surface area contributed by atoms with E-state index in [0.29, 0.717) is 168 Å². The molecule has 11 N–H and O–H groups in total. The number of methoxy groups -OCH3 is 3. The number of aromatic nitrogens is 7. The highest BCUT2D eigenvalue weighted by molar-refractivity contribution is 6.39. The summed E-state index contributed by atoms with van der Waals surface area (Å²) in [7, 11) is 4.61. The Bertz CT molecular complexity index is 4330. The maximum absolute atomic E-state index is 14.9. The zero-order valence-electron chi connectivity index (χ0n) is 72.2. The van der Waals surface area contributed by atoms with Gasteiger partial charge in [0.05, 0.1) is 82.7 Å². The van der Waals surface area contributed by atoms with Gasteiger partial charge in [-0.3, -0.25) is 24.1 Å². The Labute approximate surface area is 713 Å². The van der Waals surface area contributed by atoms with Crippen LogP contribution >= 0.6 is 0 Å². The predicted octanol–water partition coefficient (Wildman–Crippen LogP) is 6.68. The molecule has 0 spiro atoms. The summed E-state index contributed by atoms with van der Waals surface area (Å²) < 4.78 is 66.6. The summed E-state index contributed by atoms with van der Waals surface area (Å²) in [5.74, 6) is -7.19. The van der Waals surface area contributed by atoms with E-state index in [2.05, 4.69) is 45.4 Å². The van der Waals surface area contributed by atoms with Gasteiger partial charge in [-0.1, -0.05) is 64.2 Å². The number of oxazole rings is 1. The number of esters is 1. The number of allylic oxidation sites excluding steroid dienone is 5. The predicted molar refractivity (Wildman–Crippen MR) is 454 cm³/mol. The van der Waals surface area contributed by atoms with E-state index in [1.54, 1.807) is 64.2 Å². The summed E-state index contributed by atoms with van der Waals surface area (Å²) in [5.41, 5.74) is 24.3. The lowest BCUT2D eigenvalue weighted by Crippen LogP contribution is -2.61. The van der Waals surface area contributed by atoms with Gasteiger partial charge in [0.2, 0.25) is 17.6 Å². The molecule has 4 aromatic heterocycles. The van der Waals surface area contributed by atoms with Crippen LogP contribution in [0, 0.1) is 29.6 Å². The van der Waals surface area contributed by atoms with Gasteiger partial charge >= 0.3 is 12.1 Å². The molecule has 5 aromatic rings. The fourth-order valence-corrected chi connectivity index (χ4v) is 16.7. The number of nitrogens with one attached hydrogen (secondary N) is 2. The number of alkyl carbamates (subject to hydrolysis) is 1. The number of aliphatic hydroxyl groups is 3. The molecule has 1 aromatic carbocycles. The normalized spacial score (nSPS) is 28.5. The molecule has 35 heteroatoms. The van der Waals surface area contributed by atoms with E-state index in [1.165, 1.54) is 18.3 Å². The molecule has 8 heterocycles. The molecule has 1 aliphatic carbocycles. The van der Waals surface area contributed by atoms with Crippen molar-refractivity contribution in [1.29, 1.82) is 0 Å². The Kier molecular flexibility index (Phi) is 37.0. The number of amides is 3. The average molecular weight is 1710 g/mol. The van der Waals surface area contributed by atoms with Crippen LogP contribution in [0.2, 0.25) is 0 Å². The van der Waals surface area contributed by atoms with Crippen molar-refractivity contribution in [2.75, 3.05) is 136 Å². The Hall–Kier alpha value is -8.82. The van der Waals surface area contributed by atoms with Gasteiger partial charge in [0.15, 0.2) is 17.0 Å². The van der Waals surface area contributed by atoms with Crippen molar-refractivity contribution in [3.63, 3.8) is 0 Å². The number of anilines is 3. The Morgan fingerprint density at radius 3 is 2.17 bits per heavy atom. The van der Waals surface area contributed by atoms with E-state index in [0.717, 1.165) is 56.7 Å². The van der Waals surface area contributed by atoms with Gasteiger partial charge in [0.25, 0.3) is 17.7 Å². The second kappa shape index (κ2) is 47.3. The number of aliphatic hydroxyl groups excluding tert-OH is 2. The quantitative estimate of drug-likeness (QED) is 0.00993. The minimum atomic E-state index is -2.49. The highest BCUT2D eigenvalue weighted by Crippen LogP contribution is 2.39. The highest BCUT2D eigenvalue weighted by Gasteiger charge is 2.53. The number of nitrogens with zero attached hydrogens (tertiary/aromatic N) is 10. The fraction of sp³-hybridized carbons (Fsp3) is 0.655. The number of ketones is 2. The summed E-state index contributed by atoms with van der Waals surface area (Å²) in [4.78, 5) is 111. The number of nitrogens with two attached hydrogens (primary N) is 3. The van der Waals surface area contributed by atoms with Gasteiger partial charge in [-0.15, -0.1) is 0 Å². The van der Waals surface area contributed by atoms with Crippen LogP contribution in [0.25, 0.3) is 33.4 Å². The van der Waals surface area contributed by atoms with Crippen molar-refractivity contribution in [2.24, 2.45) is 35.3 Å².